The highest BCUT2D eigenvalue weighted by Gasteiger charge is 2.26. The maximum atomic E-state index is 10.6. The number of nitrogens with one attached hydrogen (secondary N) is 1. The summed E-state index contributed by atoms with van der Waals surface area (Å²) in [7, 11) is 1.87. The van der Waals surface area contributed by atoms with E-state index in [0.29, 0.717) is 6.04 Å². The third-order valence-electron chi connectivity index (χ3n) is 2.58. The van der Waals surface area contributed by atoms with Gasteiger partial charge in [-0.15, -0.1) is 0 Å². The fourth-order valence-corrected chi connectivity index (χ4v) is 1.48. The molecule has 70 valence electrons. The average Bonchev–Trinajstić information content (AvgIpc) is 2.53. The molecule has 0 aromatic carbocycles. The second kappa shape index (κ2) is 3.87. The lowest BCUT2D eigenvalue weighted by Crippen LogP contribution is -2.43. The molecule has 2 atom stereocenters. The highest BCUT2D eigenvalue weighted by molar-refractivity contribution is 5.72. The second-order valence-electron chi connectivity index (χ2n) is 3.33. The van der Waals surface area contributed by atoms with E-state index < -0.39 is 5.97 Å². The highest BCUT2D eigenvalue weighted by Crippen LogP contribution is 2.09. The number of hydrogen-bond acceptors (Lipinski definition) is 3. The van der Waals surface area contributed by atoms with Gasteiger partial charge in [-0.25, -0.2) is 0 Å². The first kappa shape index (κ1) is 9.48. The van der Waals surface area contributed by atoms with E-state index in [9.17, 15) is 4.79 Å². The zero-order chi connectivity index (χ0) is 9.14. The monoisotopic (exact) mass is 172 g/mol. The number of likely N-dealkylation sites (N-methyl/N-ethyl adjacent to an activating group) is 1. The van der Waals surface area contributed by atoms with Crippen LogP contribution >= 0.6 is 0 Å². The van der Waals surface area contributed by atoms with E-state index in [4.69, 9.17) is 5.11 Å². The van der Waals surface area contributed by atoms with Crippen molar-refractivity contribution >= 4 is 5.97 Å². The van der Waals surface area contributed by atoms with Crippen molar-refractivity contribution < 1.29 is 9.90 Å². The van der Waals surface area contributed by atoms with Crippen LogP contribution in [0.2, 0.25) is 0 Å². The van der Waals surface area contributed by atoms with E-state index in [0.717, 1.165) is 19.5 Å². The molecular formula is C8H16N2O2. The Morgan fingerprint density at radius 3 is 2.83 bits per heavy atom. The van der Waals surface area contributed by atoms with E-state index >= 15 is 0 Å². The third kappa shape index (κ3) is 1.95. The molecule has 0 amide bonds. The molecule has 1 aliphatic heterocycles. The average molecular weight is 172 g/mol. The van der Waals surface area contributed by atoms with Crippen LogP contribution in [0.4, 0.5) is 0 Å². The molecule has 4 heteroatoms. The zero-order valence-corrected chi connectivity index (χ0v) is 7.58. The van der Waals surface area contributed by atoms with Crippen LogP contribution in [0.25, 0.3) is 0 Å². The van der Waals surface area contributed by atoms with Crippen molar-refractivity contribution in [2.75, 3.05) is 20.1 Å². The molecule has 0 radical (unpaired) electrons. The fraction of sp³-hybridized carbons (Fsp3) is 0.875. The standard InChI is InChI=1S/C8H16N2O2/c1-6(8(11)12)10(2)7-3-4-9-5-7/h6-7,9H,3-5H2,1-2H3,(H,11,12). The van der Waals surface area contributed by atoms with E-state index in [1.165, 1.54) is 0 Å². The van der Waals surface area contributed by atoms with Crippen molar-refractivity contribution in [3.8, 4) is 0 Å². The molecule has 1 saturated heterocycles. The van der Waals surface area contributed by atoms with Gasteiger partial charge in [-0.2, -0.15) is 0 Å². The first-order valence-electron chi connectivity index (χ1n) is 4.28. The first-order valence-corrected chi connectivity index (χ1v) is 4.28. The van der Waals surface area contributed by atoms with Crippen LogP contribution in [0.15, 0.2) is 0 Å². The molecule has 0 saturated carbocycles. The summed E-state index contributed by atoms with van der Waals surface area (Å²) in [5, 5.41) is 12.0. The molecule has 4 nitrogen and oxygen atoms in total. The van der Waals surface area contributed by atoms with Crippen LogP contribution in [-0.2, 0) is 4.79 Å². The Labute approximate surface area is 72.6 Å². The molecule has 1 fully saturated rings. The van der Waals surface area contributed by atoms with E-state index in [-0.39, 0.29) is 6.04 Å². The number of carboxylic acids is 1. The molecule has 0 aromatic heterocycles. The van der Waals surface area contributed by atoms with Crippen molar-refractivity contribution in [2.24, 2.45) is 0 Å². The normalized spacial score (nSPS) is 26.1. The minimum atomic E-state index is -0.746. The third-order valence-corrected chi connectivity index (χ3v) is 2.58. The second-order valence-corrected chi connectivity index (χ2v) is 3.33. The van der Waals surface area contributed by atoms with Gasteiger partial charge >= 0.3 is 5.97 Å². The van der Waals surface area contributed by atoms with Crippen LogP contribution in [0, 0.1) is 0 Å². The molecule has 1 heterocycles. The van der Waals surface area contributed by atoms with Gasteiger partial charge in [0.05, 0.1) is 0 Å². The highest BCUT2D eigenvalue weighted by atomic mass is 16.4. The van der Waals surface area contributed by atoms with E-state index in [1.807, 2.05) is 11.9 Å². The van der Waals surface area contributed by atoms with Crippen LogP contribution < -0.4 is 5.32 Å². The van der Waals surface area contributed by atoms with Crippen LogP contribution in [0.1, 0.15) is 13.3 Å². The number of carboxylic acid groups (broad SMARTS) is 1. The Bertz CT molecular complexity index is 166. The van der Waals surface area contributed by atoms with Crippen molar-refractivity contribution in [3.05, 3.63) is 0 Å². The molecular weight excluding hydrogens is 156 g/mol. The number of nitrogens with zero attached hydrogens (tertiary/aromatic N) is 1. The van der Waals surface area contributed by atoms with Gasteiger partial charge in [0.1, 0.15) is 6.04 Å². The molecule has 2 N–H and O–H groups in total. The lowest BCUT2D eigenvalue weighted by molar-refractivity contribution is -0.142. The van der Waals surface area contributed by atoms with Crippen LogP contribution in [0.5, 0.6) is 0 Å². The van der Waals surface area contributed by atoms with Crippen LogP contribution in [-0.4, -0.2) is 48.2 Å². The summed E-state index contributed by atoms with van der Waals surface area (Å²) in [5.41, 5.74) is 0. The summed E-state index contributed by atoms with van der Waals surface area (Å²) < 4.78 is 0. The summed E-state index contributed by atoms with van der Waals surface area (Å²) in [4.78, 5) is 12.6. The predicted molar refractivity (Wildman–Crippen MR) is 46.1 cm³/mol. The van der Waals surface area contributed by atoms with Crippen molar-refractivity contribution in [1.82, 2.24) is 10.2 Å². The quantitative estimate of drug-likeness (QED) is 0.616. The van der Waals surface area contributed by atoms with Gasteiger partial charge in [0.25, 0.3) is 0 Å². The van der Waals surface area contributed by atoms with Gasteiger partial charge in [-0.05, 0) is 26.9 Å². The van der Waals surface area contributed by atoms with E-state index in [1.54, 1.807) is 6.92 Å². The first-order chi connectivity index (χ1) is 5.63. The number of rotatable bonds is 3. The Morgan fingerprint density at radius 1 is 1.75 bits per heavy atom. The van der Waals surface area contributed by atoms with Crippen molar-refractivity contribution in [1.29, 1.82) is 0 Å². The lowest BCUT2D eigenvalue weighted by Gasteiger charge is -2.26. The molecule has 1 rings (SSSR count). The predicted octanol–water partition coefficient (Wildman–Crippen LogP) is -0.247. The molecule has 1 aliphatic rings. The van der Waals surface area contributed by atoms with Gasteiger partial charge < -0.3 is 10.4 Å². The molecule has 0 aliphatic carbocycles. The SMILES string of the molecule is CC(C(=O)O)N(C)C1CCNC1. The Kier molecular flexibility index (Phi) is 3.05. The molecule has 0 aromatic rings. The van der Waals surface area contributed by atoms with Gasteiger partial charge in [0, 0.05) is 12.6 Å². The van der Waals surface area contributed by atoms with Crippen molar-refractivity contribution in [2.45, 2.75) is 25.4 Å². The lowest BCUT2D eigenvalue weighted by atomic mass is 10.2. The minimum absolute atomic E-state index is 0.380. The number of aliphatic carboxylic acids is 1. The summed E-state index contributed by atoms with van der Waals surface area (Å²) in [6, 6.07) is 0.00556. The van der Waals surface area contributed by atoms with Gasteiger partial charge in [0.15, 0.2) is 0 Å². The summed E-state index contributed by atoms with van der Waals surface area (Å²) in [6.45, 7) is 3.64. The summed E-state index contributed by atoms with van der Waals surface area (Å²) >= 11 is 0. The molecule has 0 bridgehead atoms. The fourth-order valence-electron chi connectivity index (χ4n) is 1.48. The number of hydrogen-bond donors (Lipinski definition) is 2. The maximum Gasteiger partial charge on any atom is 0.320 e. The van der Waals surface area contributed by atoms with Gasteiger partial charge in [-0.1, -0.05) is 0 Å². The van der Waals surface area contributed by atoms with Crippen LogP contribution in [0.3, 0.4) is 0 Å². The topological polar surface area (TPSA) is 52.6 Å². The largest absolute Gasteiger partial charge is 0.480 e. The van der Waals surface area contributed by atoms with Gasteiger partial charge in [0.2, 0.25) is 0 Å². The van der Waals surface area contributed by atoms with Gasteiger partial charge in [-0.3, -0.25) is 9.69 Å². The summed E-state index contributed by atoms with van der Waals surface area (Å²) in [6.07, 6.45) is 1.05. The Balaban J connectivity index is 2.44. The Hall–Kier alpha value is -0.610. The maximum absolute atomic E-state index is 10.6. The zero-order valence-electron chi connectivity index (χ0n) is 7.58. The molecule has 0 spiro atoms. The van der Waals surface area contributed by atoms with Crippen molar-refractivity contribution in [3.63, 3.8) is 0 Å². The number of carbonyl (C=O) groups is 1. The Morgan fingerprint density at radius 2 is 2.42 bits per heavy atom. The summed E-state index contributed by atoms with van der Waals surface area (Å²) in [5.74, 6) is -0.746. The molecule has 2 unspecified atom stereocenters. The van der Waals surface area contributed by atoms with E-state index in [2.05, 4.69) is 5.32 Å². The minimum Gasteiger partial charge on any atom is -0.480 e. The smallest absolute Gasteiger partial charge is 0.320 e. The molecule has 12 heavy (non-hydrogen) atoms.